The van der Waals surface area contributed by atoms with Crippen molar-refractivity contribution in [3.63, 3.8) is 0 Å². The van der Waals surface area contributed by atoms with Crippen molar-refractivity contribution >= 4 is 5.91 Å². The molecule has 0 fully saturated rings. The van der Waals surface area contributed by atoms with E-state index in [0.717, 1.165) is 12.0 Å². The van der Waals surface area contributed by atoms with Gasteiger partial charge in [-0.15, -0.1) is 0 Å². The van der Waals surface area contributed by atoms with Gasteiger partial charge >= 0.3 is 0 Å². The molecule has 0 bridgehead atoms. The van der Waals surface area contributed by atoms with Gasteiger partial charge < -0.3 is 11.1 Å². The molecule has 1 amide bonds. The van der Waals surface area contributed by atoms with E-state index in [-0.39, 0.29) is 11.9 Å². The Bertz CT molecular complexity index is 539. The average molecular weight is 268 g/mol. The first-order valence-electron chi connectivity index (χ1n) is 6.81. The van der Waals surface area contributed by atoms with Crippen LogP contribution in [0.25, 0.3) is 0 Å². The predicted octanol–water partition coefficient (Wildman–Crippen LogP) is 2.43. The fraction of sp³-hybridized carbons (Fsp3) is 0.235. The Hall–Kier alpha value is -2.13. The molecule has 0 aliphatic carbocycles. The van der Waals surface area contributed by atoms with E-state index in [9.17, 15) is 4.79 Å². The van der Waals surface area contributed by atoms with Gasteiger partial charge in [-0.1, -0.05) is 60.7 Å². The smallest absolute Gasteiger partial charge is 0.241 e. The van der Waals surface area contributed by atoms with Crippen LogP contribution in [0.3, 0.4) is 0 Å². The zero-order valence-corrected chi connectivity index (χ0v) is 11.6. The molecule has 2 aromatic carbocycles. The number of amides is 1. The SMILES string of the molecule is CC(Cc1ccccc1)NC(=O)C(N)c1ccccc1. The van der Waals surface area contributed by atoms with E-state index < -0.39 is 6.04 Å². The first kappa shape index (κ1) is 14.3. The van der Waals surface area contributed by atoms with Crippen LogP contribution in [0.2, 0.25) is 0 Å². The molecule has 104 valence electrons. The molecule has 3 nitrogen and oxygen atoms in total. The third kappa shape index (κ3) is 3.93. The largest absolute Gasteiger partial charge is 0.352 e. The highest BCUT2D eigenvalue weighted by Gasteiger charge is 2.17. The van der Waals surface area contributed by atoms with Crippen LogP contribution in [0.1, 0.15) is 24.1 Å². The zero-order valence-electron chi connectivity index (χ0n) is 11.6. The molecule has 3 N–H and O–H groups in total. The van der Waals surface area contributed by atoms with Crippen LogP contribution in [0.5, 0.6) is 0 Å². The molecule has 2 atom stereocenters. The lowest BCUT2D eigenvalue weighted by Crippen LogP contribution is -2.40. The van der Waals surface area contributed by atoms with Crippen molar-refractivity contribution in [1.29, 1.82) is 0 Å². The normalized spacial score (nSPS) is 13.5. The van der Waals surface area contributed by atoms with Gasteiger partial charge in [-0.05, 0) is 24.5 Å². The van der Waals surface area contributed by atoms with Gasteiger partial charge in [-0.3, -0.25) is 4.79 Å². The Morgan fingerprint density at radius 1 is 1.05 bits per heavy atom. The highest BCUT2D eigenvalue weighted by molar-refractivity contribution is 5.83. The van der Waals surface area contributed by atoms with E-state index >= 15 is 0 Å². The minimum Gasteiger partial charge on any atom is -0.352 e. The number of nitrogens with one attached hydrogen (secondary N) is 1. The summed E-state index contributed by atoms with van der Waals surface area (Å²) in [6.45, 7) is 1.99. The molecule has 0 saturated carbocycles. The number of hydrogen-bond donors (Lipinski definition) is 2. The molecule has 2 unspecified atom stereocenters. The summed E-state index contributed by atoms with van der Waals surface area (Å²) in [6.07, 6.45) is 0.800. The van der Waals surface area contributed by atoms with Crippen molar-refractivity contribution in [3.8, 4) is 0 Å². The van der Waals surface area contributed by atoms with E-state index in [4.69, 9.17) is 5.73 Å². The van der Waals surface area contributed by atoms with Gasteiger partial charge in [-0.25, -0.2) is 0 Å². The maximum absolute atomic E-state index is 12.1. The summed E-state index contributed by atoms with van der Waals surface area (Å²) in [5, 5.41) is 2.96. The van der Waals surface area contributed by atoms with E-state index in [1.54, 1.807) is 0 Å². The number of nitrogens with two attached hydrogens (primary N) is 1. The number of rotatable bonds is 5. The van der Waals surface area contributed by atoms with Crippen LogP contribution >= 0.6 is 0 Å². The van der Waals surface area contributed by atoms with E-state index in [1.165, 1.54) is 5.56 Å². The monoisotopic (exact) mass is 268 g/mol. The zero-order chi connectivity index (χ0) is 14.4. The summed E-state index contributed by atoms with van der Waals surface area (Å²) in [7, 11) is 0. The first-order valence-corrected chi connectivity index (χ1v) is 6.81. The molecule has 0 aliphatic heterocycles. The third-order valence-electron chi connectivity index (χ3n) is 3.21. The molecule has 0 spiro atoms. The van der Waals surface area contributed by atoms with Crippen LogP contribution < -0.4 is 11.1 Å². The first-order chi connectivity index (χ1) is 9.66. The van der Waals surface area contributed by atoms with E-state index in [1.807, 2.05) is 55.5 Å². The Morgan fingerprint density at radius 2 is 1.60 bits per heavy atom. The molecule has 20 heavy (non-hydrogen) atoms. The maximum Gasteiger partial charge on any atom is 0.241 e. The third-order valence-corrected chi connectivity index (χ3v) is 3.21. The Morgan fingerprint density at radius 3 is 2.20 bits per heavy atom. The standard InChI is InChI=1S/C17H20N2O/c1-13(12-14-8-4-2-5-9-14)19-17(20)16(18)15-10-6-3-7-11-15/h2-11,13,16H,12,18H2,1H3,(H,19,20). The average Bonchev–Trinajstić information content (AvgIpc) is 2.48. The van der Waals surface area contributed by atoms with Crippen LogP contribution in [-0.2, 0) is 11.2 Å². The van der Waals surface area contributed by atoms with Gasteiger partial charge in [0.25, 0.3) is 0 Å². The molecule has 0 saturated heterocycles. The van der Waals surface area contributed by atoms with Gasteiger partial charge in [0.05, 0.1) is 0 Å². The highest BCUT2D eigenvalue weighted by atomic mass is 16.2. The van der Waals surface area contributed by atoms with E-state index in [2.05, 4.69) is 17.4 Å². The van der Waals surface area contributed by atoms with Crippen LogP contribution in [-0.4, -0.2) is 11.9 Å². The van der Waals surface area contributed by atoms with Crippen molar-refractivity contribution in [2.24, 2.45) is 5.73 Å². The summed E-state index contributed by atoms with van der Waals surface area (Å²) in [4.78, 5) is 12.1. The second kappa shape index (κ2) is 6.87. The quantitative estimate of drug-likeness (QED) is 0.875. The second-order valence-electron chi connectivity index (χ2n) is 4.99. The number of carbonyl (C=O) groups is 1. The van der Waals surface area contributed by atoms with Gasteiger partial charge in [0.2, 0.25) is 5.91 Å². The van der Waals surface area contributed by atoms with Crippen LogP contribution in [0.15, 0.2) is 60.7 Å². The molecular formula is C17H20N2O. The number of benzene rings is 2. The van der Waals surface area contributed by atoms with Crippen molar-refractivity contribution < 1.29 is 4.79 Å². The molecule has 0 aromatic heterocycles. The topological polar surface area (TPSA) is 55.1 Å². The van der Waals surface area contributed by atoms with Crippen LogP contribution in [0, 0.1) is 0 Å². The minimum atomic E-state index is -0.616. The fourth-order valence-corrected chi connectivity index (χ4v) is 2.16. The van der Waals surface area contributed by atoms with Crippen molar-refractivity contribution in [2.75, 3.05) is 0 Å². The lowest BCUT2D eigenvalue weighted by Gasteiger charge is -2.18. The maximum atomic E-state index is 12.1. The summed E-state index contributed by atoms with van der Waals surface area (Å²) in [5.74, 6) is -0.139. The Kier molecular flexibility index (Phi) is 4.91. The lowest BCUT2D eigenvalue weighted by atomic mass is 10.0. The number of hydrogen-bond acceptors (Lipinski definition) is 2. The minimum absolute atomic E-state index is 0.0552. The molecule has 0 heterocycles. The highest BCUT2D eigenvalue weighted by Crippen LogP contribution is 2.10. The molecular weight excluding hydrogens is 248 g/mol. The van der Waals surface area contributed by atoms with Gasteiger partial charge in [0.1, 0.15) is 6.04 Å². The summed E-state index contributed by atoms with van der Waals surface area (Å²) in [6, 6.07) is 18.9. The lowest BCUT2D eigenvalue weighted by molar-refractivity contribution is -0.123. The molecule has 2 rings (SSSR count). The van der Waals surface area contributed by atoms with E-state index in [0.29, 0.717) is 0 Å². The Labute approximate surface area is 119 Å². The molecule has 3 heteroatoms. The fourth-order valence-electron chi connectivity index (χ4n) is 2.16. The second-order valence-corrected chi connectivity index (χ2v) is 4.99. The summed E-state index contributed by atoms with van der Waals surface area (Å²) < 4.78 is 0. The molecule has 0 radical (unpaired) electrons. The Balaban J connectivity index is 1.91. The summed E-state index contributed by atoms with van der Waals surface area (Å²) in [5.41, 5.74) is 8.00. The molecule has 0 aliphatic rings. The predicted molar refractivity (Wildman–Crippen MR) is 81.1 cm³/mol. The summed E-state index contributed by atoms with van der Waals surface area (Å²) >= 11 is 0. The number of carbonyl (C=O) groups excluding carboxylic acids is 1. The van der Waals surface area contributed by atoms with Crippen molar-refractivity contribution in [2.45, 2.75) is 25.4 Å². The van der Waals surface area contributed by atoms with Gasteiger partial charge in [-0.2, -0.15) is 0 Å². The van der Waals surface area contributed by atoms with Crippen molar-refractivity contribution in [1.82, 2.24) is 5.32 Å². The van der Waals surface area contributed by atoms with Crippen LogP contribution in [0.4, 0.5) is 0 Å². The van der Waals surface area contributed by atoms with Gasteiger partial charge in [0, 0.05) is 6.04 Å². The molecule has 2 aromatic rings. The van der Waals surface area contributed by atoms with Crippen molar-refractivity contribution in [3.05, 3.63) is 71.8 Å². The van der Waals surface area contributed by atoms with Gasteiger partial charge in [0.15, 0.2) is 0 Å².